The van der Waals surface area contributed by atoms with E-state index in [-0.39, 0.29) is 5.41 Å². The zero-order valence-corrected chi connectivity index (χ0v) is 17.2. The molecule has 0 bridgehead atoms. The van der Waals surface area contributed by atoms with Gasteiger partial charge >= 0.3 is 0 Å². The first-order chi connectivity index (χ1) is 13.5. The number of hydrogen-bond donors (Lipinski definition) is 1. The Labute approximate surface area is 168 Å². The molecule has 2 aromatic heterocycles. The van der Waals surface area contributed by atoms with Crippen molar-refractivity contribution in [2.24, 2.45) is 5.41 Å². The van der Waals surface area contributed by atoms with Crippen molar-refractivity contribution in [3.8, 4) is 5.69 Å². The molecule has 4 heteroatoms. The second-order valence-corrected chi connectivity index (χ2v) is 9.46. The molecular formula is C24H23N3S. The SMILES string of the molecule is CC(C)(C)CNc1nc2c(-n3c4ccccc4c4ccccc43)cccc2s1. The number of fused-ring (bicyclic) bond motifs is 4. The van der Waals surface area contributed by atoms with E-state index >= 15 is 0 Å². The third-order valence-corrected chi connectivity index (χ3v) is 5.97. The van der Waals surface area contributed by atoms with Crippen LogP contribution in [0.25, 0.3) is 37.7 Å². The van der Waals surface area contributed by atoms with Crippen molar-refractivity contribution in [1.29, 1.82) is 0 Å². The Morgan fingerprint density at radius 3 is 2.14 bits per heavy atom. The van der Waals surface area contributed by atoms with E-state index in [1.165, 1.54) is 26.5 Å². The molecule has 0 aliphatic rings. The van der Waals surface area contributed by atoms with Crippen LogP contribution < -0.4 is 5.32 Å². The van der Waals surface area contributed by atoms with E-state index in [4.69, 9.17) is 4.98 Å². The highest BCUT2D eigenvalue weighted by atomic mass is 32.1. The molecule has 0 saturated heterocycles. The average molecular weight is 386 g/mol. The van der Waals surface area contributed by atoms with Crippen LogP contribution in [0.3, 0.4) is 0 Å². The Hall–Kier alpha value is -2.85. The molecule has 0 fully saturated rings. The molecule has 0 spiro atoms. The minimum Gasteiger partial charge on any atom is -0.361 e. The number of anilines is 1. The van der Waals surface area contributed by atoms with Gasteiger partial charge in [0.05, 0.1) is 21.4 Å². The zero-order chi connectivity index (χ0) is 19.3. The fourth-order valence-electron chi connectivity index (χ4n) is 3.71. The summed E-state index contributed by atoms with van der Waals surface area (Å²) in [6.07, 6.45) is 0. The van der Waals surface area contributed by atoms with Crippen LogP contribution in [0, 0.1) is 5.41 Å². The third kappa shape index (κ3) is 2.85. The molecule has 0 aliphatic carbocycles. The van der Waals surface area contributed by atoms with Crippen LogP contribution in [-0.4, -0.2) is 16.1 Å². The molecule has 0 radical (unpaired) electrons. The molecule has 0 aliphatic heterocycles. The van der Waals surface area contributed by atoms with Crippen molar-refractivity contribution in [3.05, 3.63) is 66.7 Å². The Morgan fingerprint density at radius 1 is 0.857 bits per heavy atom. The summed E-state index contributed by atoms with van der Waals surface area (Å²) in [5.41, 5.74) is 4.83. The van der Waals surface area contributed by atoms with E-state index in [0.29, 0.717) is 0 Å². The summed E-state index contributed by atoms with van der Waals surface area (Å²) in [5.74, 6) is 0. The summed E-state index contributed by atoms with van der Waals surface area (Å²) in [5, 5.41) is 7.05. The first-order valence-corrected chi connectivity index (χ1v) is 10.4. The Kier molecular flexibility index (Phi) is 3.91. The molecule has 5 aromatic rings. The number of nitrogens with one attached hydrogen (secondary N) is 1. The predicted molar refractivity (Wildman–Crippen MR) is 122 cm³/mol. The van der Waals surface area contributed by atoms with Crippen molar-refractivity contribution in [3.63, 3.8) is 0 Å². The van der Waals surface area contributed by atoms with Crippen LogP contribution >= 0.6 is 11.3 Å². The molecule has 0 saturated carbocycles. The fraction of sp³-hybridized carbons (Fsp3) is 0.208. The summed E-state index contributed by atoms with van der Waals surface area (Å²) < 4.78 is 3.55. The van der Waals surface area contributed by atoms with Gasteiger partial charge in [-0.2, -0.15) is 0 Å². The summed E-state index contributed by atoms with van der Waals surface area (Å²) in [6, 6.07) is 23.7. The number of nitrogens with zero attached hydrogens (tertiary/aromatic N) is 2. The quantitative estimate of drug-likeness (QED) is 0.368. The predicted octanol–water partition coefficient (Wildman–Crippen LogP) is 6.85. The van der Waals surface area contributed by atoms with Crippen LogP contribution in [0.1, 0.15) is 20.8 Å². The molecule has 3 nitrogen and oxygen atoms in total. The zero-order valence-electron chi connectivity index (χ0n) is 16.4. The normalized spacial score (nSPS) is 12.2. The van der Waals surface area contributed by atoms with Crippen LogP contribution in [0.15, 0.2) is 66.7 Å². The van der Waals surface area contributed by atoms with Gasteiger partial charge in [-0.05, 0) is 29.7 Å². The summed E-state index contributed by atoms with van der Waals surface area (Å²) in [7, 11) is 0. The largest absolute Gasteiger partial charge is 0.361 e. The summed E-state index contributed by atoms with van der Waals surface area (Å²) >= 11 is 1.72. The number of aromatic nitrogens is 2. The molecule has 0 amide bonds. The molecule has 0 atom stereocenters. The van der Waals surface area contributed by atoms with Crippen LogP contribution in [-0.2, 0) is 0 Å². The van der Waals surface area contributed by atoms with E-state index in [1.54, 1.807) is 11.3 Å². The van der Waals surface area contributed by atoms with Crippen LogP contribution in [0.5, 0.6) is 0 Å². The van der Waals surface area contributed by atoms with Crippen molar-refractivity contribution in [2.45, 2.75) is 20.8 Å². The highest BCUT2D eigenvalue weighted by molar-refractivity contribution is 7.22. The Balaban J connectivity index is 1.74. The maximum Gasteiger partial charge on any atom is 0.183 e. The lowest BCUT2D eigenvalue weighted by molar-refractivity contribution is 0.443. The molecular weight excluding hydrogens is 362 g/mol. The van der Waals surface area contributed by atoms with Gasteiger partial charge in [0.15, 0.2) is 5.13 Å². The molecule has 1 N–H and O–H groups in total. The summed E-state index contributed by atoms with van der Waals surface area (Å²) in [4.78, 5) is 4.97. The fourth-order valence-corrected chi connectivity index (χ4v) is 4.60. The van der Waals surface area contributed by atoms with Gasteiger partial charge in [0, 0.05) is 17.3 Å². The molecule has 5 rings (SSSR count). The molecule has 3 aromatic carbocycles. The van der Waals surface area contributed by atoms with Gasteiger partial charge in [-0.25, -0.2) is 4.98 Å². The average Bonchev–Trinajstić information content (AvgIpc) is 3.25. The number of thiazole rings is 1. The first kappa shape index (κ1) is 17.3. The van der Waals surface area contributed by atoms with Gasteiger partial charge in [-0.1, -0.05) is 74.6 Å². The van der Waals surface area contributed by atoms with E-state index in [9.17, 15) is 0 Å². The van der Waals surface area contributed by atoms with Gasteiger partial charge in [-0.3, -0.25) is 0 Å². The second-order valence-electron chi connectivity index (χ2n) is 8.43. The van der Waals surface area contributed by atoms with Gasteiger partial charge in [-0.15, -0.1) is 0 Å². The first-order valence-electron chi connectivity index (χ1n) is 9.63. The van der Waals surface area contributed by atoms with E-state index in [0.717, 1.165) is 22.9 Å². The van der Waals surface area contributed by atoms with Crippen LogP contribution in [0.4, 0.5) is 5.13 Å². The van der Waals surface area contributed by atoms with Crippen molar-refractivity contribution < 1.29 is 0 Å². The minimum absolute atomic E-state index is 0.216. The van der Waals surface area contributed by atoms with Crippen molar-refractivity contribution in [1.82, 2.24) is 9.55 Å². The highest BCUT2D eigenvalue weighted by Crippen LogP contribution is 2.36. The molecule has 2 heterocycles. The lowest BCUT2D eigenvalue weighted by atomic mass is 9.97. The standard InChI is InChI=1S/C24H23N3S/c1-24(2,3)15-25-23-26-22-20(13-8-14-21(22)28-23)27-18-11-6-4-9-16(18)17-10-5-7-12-19(17)27/h4-14H,15H2,1-3H3,(H,25,26). The topological polar surface area (TPSA) is 29.9 Å². The van der Waals surface area contributed by atoms with Crippen molar-refractivity contribution >= 4 is 48.5 Å². The van der Waals surface area contributed by atoms with Crippen molar-refractivity contribution in [2.75, 3.05) is 11.9 Å². The number of para-hydroxylation sites is 3. The van der Waals surface area contributed by atoms with E-state index < -0.39 is 0 Å². The Bertz CT molecular complexity index is 1250. The Morgan fingerprint density at radius 2 is 1.50 bits per heavy atom. The van der Waals surface area contributed by atoms with Gasteiger partial charge in [0.1, 0.15) is 5.52 Å². The van der Waals surface area contributed by atoms with E-state index in [1.807, 2.05) is 0 Å². The summed E-state index contributed by atoms with van der Waals surface area (Å²) in [6.45, 7) is 7.60. The monoisotopic (exact) mass is 385 g/mol. The lowest BCUT2D eigenvalue weighted by Crippen LogP contribution is -2.18. The third-order valence-electron chi connectivity index (χ3n) is 4.99. The molecule has 0 unspecified atom stereocenters. The number of benzene rings is 3. The maximum absolute atomic E-state index is 4.97. The van der Waals surface area contributed by atoms with Gasteiger partial charge in [0.2, 0.25) is 0 Å². The number of rotatable bonds is 3. The minimum atomic E-state index is 0.216. The molecule has 28 heavy (non-hydrogen) atoms. The highest BCUT2D eigenvalue weighted by Gasteiger charge is 2.16. The van der Waals surface area contributed by atoms with Gasteiger partial charge < -0.3 is 9.88 Å². The smallest absolute Gasteiger partial charge is 0.183 e. The van der Waals surface area contributed by atoms with Crippen LogP contribution in [0.2, 0.25) is 0 Å². The second kappa shape index (κ2) is 6.35. The molecule has 140 valence electrons. The number of hydrogen-bond acceptors (Lipinski definition) is 3. The van der Waals surface area contributed by atoms with E-state index in [2.05, 4.69) is 97.4 Å². The maximum atomic E-state index is 4.97. The van der Waals surface area contributed by atoms with Gasteiger partial charge in [0.25, 0.3) is 0 Å². The lowest BCUT2D eigenvalue weighted by Gasteiger charge is -2.17.